The van der Waals surface area contributed by atoms with E-state index in [9.17, 15) is 9.90 Å². The molecule has 14 heavy (non-hydrogen) atoms. The summed E-state index contributed by atoms with van der Waals surface area (Å²) in [6.07, 6.45) is 0.454. The molecule has 0 heterocycles. The number of ketones is 1. The van der Waals surface area contributed by atoms with E-state index in [1.807, 2.05) is 31.2 Å². The maximum atomic E-state index is 10.8. The Labute approximate surface area is 84.6 Å². The Morgan fingerprint density at radius 3 is 2.43 bits per heavy atom. The Morgan fingerprint density at radius 2 is 1.93 bits per heavy atom. The van der Waals surface area contributed by atoms with Crippen molar-refractivity contribution in [2.24, 2.45) is 0 Å². The van der Waals surface area contributed by atoms with Crippen molar-refractivity contribution in [2.45, 2.75) is 32.8 Å². The van der Waals surface area contributed by atoms with Crippen molar-refractivity contribution in [3.8, 4) is 0 Å². The fraction of sp³-hybridized carbons (Fsp3) is 0.417. The normalized spacial score (nSPS) is 12.5. The van der Waals surface area contributed by atoms with Crippen molar-refractivity contribution >= 4 is 5.78 Å². The number of hydrogen-bond donors (Lipinski definition) is 1. The monoisotopic (exact) mass is 192 g/mol. The van der Waals surface area contributed by atoms with Gasteiger partial charge in [0.1, 0.15) is 6.10 Å². The first-order valence-electron chi connectivity index (χ1n) is 4.83. The van der Waals surface area contributed by atoms with Gasteiger partial charge in [-0.1, -0.05) is 29.8 Å². The summed E-state index contributed by atoms with van der Waals surface area (Å²) in [5.74, 6) is -0.155. The lowest BCUT2D eigenvalue weighted by atomic mass is 10.0. The molecule has 1 aromatic carbocycles. The quantitative estimate of drug-likeness (QED) is 0.790. The molecule has 0 fully saturated rings. The summed E-state index contributed by atoms with van der Waals surface area (Å²) < 4.78 is 0. The lowest BCUT2D eigenvalue weighted by Gasteiger charge is -2.06. The van der Waals surface area contributed by atoms with Crippen molar-refractivity contribution < 1.29 is 9.90 Å². The average Bonchev–Trinajstić information content (AvgIpc) is 2.16. The van der Waals surface area contributed by atoms with Crippen LogP contribution in [0.25, 0.3) is 0 Å². The van der Waals surface area contributed by atoms with Gasteiger partial charge in [-0.3, -0.25) is 4.79 Å². The third-order valence-electron chi connectivity index (χ3n) is 2.30. The van der Waals surface area contributed by atoms with Crippen molar-refractivity contribution in [1.29, 1.82) is 0 Å². The van der Waals surface area contributed by atoms with E-state index < -0.39 is 6.10 Å². The van der Waals surface area contributed by atoms with Gasteiger partial charge in [-0.15, -0.1) is 0 Å². The maximum absolute atomic E-state index is 10.8. The minimum atomic E-state index is -0.809. The molecule has 0 aliphatic rings. The van der Waals surface area contributed by atoms with Gasteiger partial charge in [0, 0.05) is 0 Å². The molecule has 2 nitrogen and oxygen atoms in total. The molecule has 0 aliphatic heterocycles. The van der Waals surface area contributed by atoms with Crippen LogP contribution in [0.1, 0.15) is 24.5 Å². The van der Waals surface area contributed by atoms with Gasteiger partial charge in [-0.2, -0.15) is 0 Å². The van der Waals surface area contributed by atoms with Gasteiger partial charge < -0.3 is 5.11 Å². The average molecular weight is 192 g/mol. The van der Waals surface area contributed by atoms with E-state index in [2.05, 4.69) is 0 Å². The topological polar surface area (TPSA) is 37.3 Å². The predicted molar refractivity (Wildman–Crippen MR) is 56.2 cm³/mol. The molecule has 0 bridgehead atoms. The van der Waals surface area contributed by atoms with E-state index in [0.717, 1.165) is 12.0 Å². The summed E-state index contributed by atoms with van der Waals surface area (Å²) in [5, 5.41) is 9.29. The van der Waals surface area contributed by atoms with Crippen molar-refractivity contribution in [1.82, 2.24) is 0 Å². The summed E-state index contributed by atoms with van der Waals surface area (Å²) in [6, 6.07) is 8.13. The van der Waals surface area contributed by atoms with Crippen LogP contribution in [0, 0.1) is 6.92 Å². The molecule has 0 aliphatic carbocycles. The van der Waals surface area contributed by atoms with Gasteiger partial charge in [0.15, 0.2) is 5.78 Å². The number of Topliss-reactive ketones (excluding diaryl/α,β-unsaturated/α-hetero) is 1. The molecule has 76 valence electrons. The maximum Gasteiger partial charge on any atom is 0.158 e. The molecule has 0 saturated carbocycles. The van der Waals surface area contributed by atoms with E-state index in [1.165, 1.54) is 12.5 Å². The predicted octanol–water partition coefficient (Wildman–Crippen LogP) is 1.88. The van der Waals surface area contributed by atoms with Crippen LogP contribution in [-0.4, -0.2) is 17.0 Å². The van der Waals surface area contributed by atoms with Crippen LogP contribution in [0.3, 0.4) is 0 Å². The molecule has 1 rings (SSSR count). The summed E-state index contributed by atoms with van der Waals surface area (Å²) in [5.41, 5.74) is 2.39. The number of benzene rings is 1. The smallest absolute Gasteiger partial charge is 0.158 e. The second kappa shape index (κ2) is 4.91. The van der Waals surface area contributed by atoms with Crippen molar-refractivity contribution in [3.63, 3.8) is 0 Å². The van der Waals surface area contributed by atoms with E-state index in [4.69, 9.17) is 0 Å². The summed E-state index contributed by atoms with van der Waals surface area (Å²) in [6.45, 7) is 3.45. The number of hydrogen-bond acceptors (Lipinski definition) is 2. The largest absolute Gasteiger partial charge is 0.385 e. The van der Waals surface area contributed by atoms with Crippen LogP contribution in [-0.2, 0) is 11.2 Å². The number of rotatable bonds is 4. The molecule has 1 N–H and O–H groups in total. The van der Waals surface area contributed by atoms with Gasteiger partial charge in [-0.25, -0.2) is 0 Å². The molecular weight excluding hydrogens is 176 g/mol. The Hall–Kier alpha value is -1.15. The summed E-state index contributed by atoms with van der Waals surface area (Å²) in [7, 11) is 0. The minimum Gasteiger partial charge on any atom is -0.385 e. The lowest BCUT2D eigenvalue weighted by Crippen LogP contribution is -2.17. The van der Waals surface area contributed by atoms with Gasteiger partial charge in [0.2, 0.25) is 0 Å². The number of aliphatic hydroxyl groups excluding tert-OH is 1. The highest BCUT2D eigenvalue weighted by Crippen LogP contribution is 2.07. The molecule has 2 heteroatoms. The second-order valence-electron chi connectivity index (χ2n) is 3.65. The SMILES string of the molecule is CC(=O)C(O)CCc1ccc(C)cc1. The fourth-order valence-electron chi connectivity index (χ4n) is 1.26. The standard InChI is InChI=1S/C12H16O2/c1-9-3-5-11(6-4-9)7-8-12(14)10(2)13/h3-6,12,14H,7-8H2,1-2H3. The Kier molecular flexibility index (Phi) is 3.84. The first-order chi connectivity index (χ1) is 6.59. The highest BCUT2D eigenvalue weighted by Gasteiger charge is 2.08. The van der Waals surface area contributed by atoms with Crippen molar-refractivity contribution in [2.75, 3.05) is 0 Å². The third kappa shape index (κ3) is 3.30. The molecule has 0 amide bonds. The van der Waals surface area contributed by atoms with Gasteiger partial charge in [0.25, 0.3) is 0 Å². The van der Waals surface area contributed by atoms with Crippen LogP contribution in [0.15, 0.2) is 24.3 Å². The molecule has 1 unspecified atom stereocenters. The van der Waals surface area contributed by atoms with E-state index in [-0.39, 0.29) is 5.78 Å². The summed E-state index contributed by atoms with van der Waals surface area (Å²) in [4.78, 5) is 10.8. The van der Waals surface area contributed by atoms with Crippen LogP contribution >= 0.6 is 0 Å². The number of carbonyl (C=O) groups excluding carboxylic acids is 1. The zero-order valence-electron chi connectivity index (χ0n) is 8.66. The first-order valence-corrected chi connectivity index (χ1v) is 4.83. The zero-order valence-corrected chi connectivity index (χ0v) is 8.66. The second-order valence-corrected chi connectivity index (χ2v) is 3.65. The van der Waals surface area contributed by atoms with Crippen LogP contribution in [0.4, 0.5) is 0 Å². The lowest BCUT2D eigenvalue weighted by molar-refractivity contribution is -0.125. The van der Waals surface area contributed by atoms with Crippen LogP contribution in [0.2, 0.25) is 0 Å². The van der Waals surface area contributed by atoms with Crippen molar-refractivity contribution in [3.05, 3.63) is 35.4 Å². The van der Waals surface area contributed by atoms with E-state index in [1.54, 1.807) is 0 Å². The molecule has 0 spiro atoms. The minimum absolute atomic E-state index is 0.155. The number of aryl methyl sites for hydroxylation is 2. The summed E-state index contributed by atoms with van der Waals surface area (Å²) >= 11 is 0. The highest BCUT2D eigenvalue weighted by atomic mass is 16.3. The Balaban J connectivity index is 2.46. The number of carbonyl (C=O) groups is 1. The zero-order chi connectivity index (χ0) is 10.6. The van der Waals surface area contributed by atoms with Gasteiger partial charge in [-0.05, 0) is 32.3 Å². The highest BCUT2D eigenvalue weighted by molar-refractivity contribution is 5.80. The van der Waals surface area contributed by atoms with Crippen LogP contribution in [0.5, 0.6) is 0 Å². The van der Waals surface area contributed by atoms with Crippen LogP contribution < -0.4 is 0 Å². The van der Waals surface area contributed by atoms with Gasteiger partial charge in [0.05, 0.1) is 0 Å². The molecule has 0 saturated heterocycles. The third-order valence-corrected chi connectivity index (χ3v) is 2.30. The first kappa shape index (κ1) is 10.9. The fourth-order valence-corrected chi connectivity index (χ4v) is 1.26. The molecule has 1 atom stereocenters. The number of aliphatic hydroxyl groups is 1. The Bertz CT molecular complexity index is 301. The van der Waals surface area contributed by atoms with Gasteiger partial charge >= 0.3 is 0 Å². The molecule has 1 aromatic rings. The Morgan fingerprint density at radius 1 is 1.36 bits per heavy atom. The molecule has 0 aromatic heterocycles. The molecule has 0 radical (unpaired) electrons. The molecular formula is C12H16O2. The van der Waals surface area contributed by atoms with E-state index in [0.29, 0.717) is 6.42 Å². The van der Waals surface area contributed by atoms with E-state index >= 15 is 0 Å².